The maximum atomic E-state index is 12.4. The molecule has 9 heteroatoms. The molecule has 4 rings (SSSR count). The Bertz CT molecular complexity index is 952. The van der Waals surface area contributed by atoms with Crippen LogP contribution < -0.4 is 9.64 Å². The second-order valence-corrected chi connectivity index (χ2v) is 7.14. The minimum Gasteiger partial charge on any atom is -0.439 e. The fourth-order valence-corrected chi connectivity index (χ4v) is 3.50. The average Bonchev–Trinajstić information content (AvgIpc) is 3.22. The van der Waals surface area contributed by atoms with E-state index >= 15 is 0 Å². The second-order valence-electron chi connectivity index (χ2n) is 6.27. The van der Waals surface area contributed by atoms with Crippen LogP contribution >= 0.6 is 23.2 Å². The van der Waals surface area contributed by atoms with E-state index in [0.29, 0.717) is 59.5 Å². The Hall–Kier alpha value is -2.77. The van der Waals surface area contributed by atoms with E-state index in [4.69, 9.17) is 27.9 Å². The van der Waals surface area contributed by atoms with Gasteiger partial charge in [-0.1, -0.05) is 23.2 Å². The maximum Gasteiger partial charge on any atom is 0.270 e. The summed E-state index contributed by atoms with van der Waals surface area (Å²) in [6.45, 7) is 2.46. The Kier molecular flexibility index (Phi) is 5.36. The van der Waals surface area contributed by atoms with E-state index in [1.54, 1.807) is 42.7 Å². The van der Waals surface area contributed by atoms with E-state index in [9.17, 15) is 4.79 Å². The first-order valence-electron chi connectivity index (χ1n) is 8.73. The molecule has 1 aromatic carbocycles. The molecule has 1 aliphatic rings. The third kappa shape index (κ3) is 4.21. The highest BCUT2D eigenvalue weighted by molar-refractivity contribution is 6.34. The average molecular weight is 418 g/mol. The highest BCUT2D eigenvalue weighted by Crippen LogP contribution is 2.28. The normalized spacial score (nSPS) is 14.2. The van der Waals surface area contributed by atoms with Crippen LogP contribution in [0.1, 0.15) is 10.5 Å². The summed E-state index contributed by atoms with van der Waals surface area (Å²) in [6.07, 6.45) is 3.39. The third-order valence-corrected chi connectivity index (χ3v) is 4.79. The van der Waals surface area contributed by atoms with Crippen LogP contribution in [0.25, 0.3) is 0 Å². The highest BCUT2D eigenvalue weighted by atomic mass is 35.5. The van der Waals surface area contributed by atoms with Crippen LogP contribution in [0.15, 0.2) is 48.8 Å². The zero-order chi connectivity index (χ0) is 19.5. The van der Waals surface area contributed by atoms with Crippen LogP contribution in [0, 0.1) is 0 Å². The molecule has 0 atom stereocenters. The smallest absolute Gasteiger partial charge is 0.270 e. The first-order valence-corrected chi connectivity index (χ1v) is 9.49. The topological polar surface area (TPSA) is 74.4 Å². The quantitative estimate of drug-likeness (QED) is 0.697. The number of carbonyl (C=O) groups is 1. The SMILES string of the molecule is O=C(c1ccc[nH]1)N1CCN(c2nccc(Oc3cc(Cl)cc(Cl)c3)n2)CC1. The van der Waals surface area contributed by atoms with Crippen LogP contribution in [0.2, 0.25) is 10.0 Å². The number of hydrogen-bond acceptors (Lipinski definition) is 5. The van der Waals surface area contributed by atoms with Crippen molar-refractivity contribution in [1.29, 1.82) is 0 Å². The lowest BCUT2D eigenvalue weighted by Crippen LogP contribution is -2.49. The van der Waals surface area contributed by atoms with Gasteiger partial charge in [0.05, 0.1) is 0 Å². The van der Waals surface area contributed by atoms with Gasteiger partial charge < -0.3 is 19.5 Å². The first kappa shape index (κ1) is 18.6. The minimum absolute atomic E-state index is 0.000451. The van der Waals surface area contributed by atoms with Crippen molar-refractivity contribution in [2.24, 2.45) is 0 Å². The van der Waals surface area contributed by atoms with E-state index < -0.39 is 0 Å². The molecule has 28 heavy (non-hydrogen) atoms. The van der Waals surface area contributed by atoms with Crippen LogP contribution in [0.5, 0.6) is 11.6 Å². The molecule has 0 spiro atoms. The Morgan fingerprint density at radius 1 is 1.07 bits per heavy atom. The number of carbonyl (C=O) groups excluding carboxylic acids is 1. The van der Waals surface area contributed by atoms with E-state index in [0.717, 1.165) is 0 Å². The van der Waals surface area contributed by atoms with Crippen LogP contribution in [0.4, 0.5) is 5.95 Å². The van der Waals surface area contributed by atoms with E-state index in [1.165, 1.54) is 0 Å². The zero-order valence-electron chi connectivity index (χ0n) is 14.8. The fraction of sp³-hybridized carbons (Fsp3) is 0.211. The lowest BCUT2D eigenvalue weighted by molar-refractivity contribution is 0.0741. The van der Waals surface area contributed by atoms with E-state index in [1.807, 2.05) is 15.9 Å². The van der Waals surface area contributed by atoms with Gasteiger partial charge in [0.15, 0.2) is 0 Å². The summed E-state index contributed by atoms with van der Waals surface area (Å²) in [5, 5.41) is 0.972. The molecule has 1 amide bonds. The van der Waals surface area contributed by atoms with Crippen molar-refractivity contribution in [1.82, 2.24) is 19.9 Å². The summed E-state index contributed by atoms with van der Waals surface area (Å²) in [7, 11) is 0. The summed E-state index contributed by atoms with van der Waals surface area (Å²) in [6, 6.07) is 10.2. The van der Waals surface area contributed by atoms with Crippen molar-refractivity contribution >= 4 is 35.1 Å². The Morgan fingerprint density at radius 2 is 1.82 bits per heavy atom. The number of rotatable bonds is 4. The number of aromatic nitrogens is 3. The van der Waals surface area contributed by atoms with Gasteiger partial charge in [-0.25, -0.2) is 4.98 Å². The molecule has 2 aromatic heterocycles. The molecule has 1 N–H and O–H groups in total. The number of benzene rings is 1. The molecule has 0 aliphatic carbocycles. The van der Waals surface area contributed by atoms with Gasteiger partial charge in [-0.3, -0.25) is 4.79 Å². The van der Waals surface area contributed by atoms with Crippen LogP contribution in [-0.2, 0) is 0 Å². The van der Waals surface area contributed by atoms with Crippen molar-refractivity contribution in [2.45, 2.75) is 0 Å². The third-order valence-electron chi connectivity index (χ3n) is 4.35. The van der Waals surface area contributed by atoms with E-state index in [2.05, 4.69) is 15.0 Å². The van der Waals surface area contributed by atoms with Crippen LogP contribution in [-0.4, -0.2) is 51.9 Å². The number of nitrogens with zero attached hydrogens (tertiary/aromatic N) is 4. The maximum absolute atomic E-state index is 12.4. The van der Waals surface area contributed by atoms with Crippen LogP contribution in [0.3, 0.4) is 0 Å². The van der Waals surface area contributed by atoms with Crippen molar-refractivity contribution in [2.75, 3.05) is 31.1 Å². The summed E-state index contributed by atoms with van der Waals surface area (Å²) < 4.78 is 5.76. The monoisotopic (exact) mass is 417 g/mol. The molecular formula is C19H17Cl2N5O2. The number of anilines is 1. The highest BCUT2D eigenvalue weighted by Gasteiger charge is 2.24. The molecule has 0 unspecified atom stereocenters. The number of amides is 1. The van der Waals surface area contributed by atoms with Gasteiger partial charge in [-0.05, 0) is 30.3 Å². The lowest BCUT2D eigenvalue weighted by Gasteiger charge is -2.34. The van der Waals surface area contributed by atoms with Gasteiger partial charge >= 0.3 is 0 Å². The van der Waals surface area contributed by atoms with E-state index in [-0.39, 0.29) is 5.91 Å². The molecule has 1 aliphatic heterocycles. The summed E-state index contributed by atoms with van der Waals surface area (Å²) in [4.78, 5) is 28.0. The molecular weight excluding hydrogens is 401 g/mol. The fourth-order valence-electron chi connectivity index (χ4n) is 2.99. The predicted octanol–water partition coefficient (Wildman–Crippen LogP) is 3.87. The predicted molar refractivity (Wildman–Crippen MR) is 107 cm³/mol. The number of aromatic amines is 1. The molecule has 1 fully saturated rings. The molecule has 0 radical (unpaired) electrons. The number of nitrogens with one attached hydrogen (secondary N) is 1. The van der Waals surface area contributed by atoms with Gasteiger partial charge in [0.25, 0.3) is 5.91 Å². The van der Waals surface area contributed by atoms with Gasteiger partial charge in [0.2, 0.25) is 11.8 Å². The van der Waals surface area contributed by atoms with Gasteiger partial charge in [0, 0.05) is 54.7 Å². The number of halogens is 2. The minimum atomic E-state index is 0.000451. The van der Waals surface area contributed by atoms with Crippen molar-refractivity contribution in [3.05, 3.63) is 64.5 Å². The summed E-state index contributed by atoms with van der Waals surface area (Å²) >= 11 is 12.0. The zero-order valence-corrected chi connectivity index (χ0v) is 16.3. The van der Waals surface area contributed by atoms with Gasteiger partial charge in [-0.2, -0.15) is 4.98 Å². The second kappa shape index (κ2) is 8.08. The number of ether oxygens (including phenoxy) is 1. The molecule has 7 nitrogen and oxygen atoms in total. The number of hydrogen-bond donors (Lipinski definition) is 1. The Balaban J connectivity index is 1.42. The summed E-state index contributed by atoms with van der Waals surface area (Å²) in [5.74, 6) is 1.45. The molecule has 3 aromatic rings. The summed E-state index contributed by atoms with van der Waals surface area (Å²) in [5.41, 5.74) is 0.597. The lowest BCUT2D eigenvalue weighted by atomic mass is 10.3. The Labute approximate surface area is 171 Å². The standard InChI is InChI=1S/C19H17Cl2N5O2/c20-13-10-14(21)12-15(11-13)28-17-3-5-23-19(24-17)26-8-6-25(7-9-26)18(27)16-2-1-4-22-16/h1-5,10-12,22H,6-9H2. The number of H-pyrrole nitrogens is 1. The molecule has 0 bridgehead atoms. The van der Waals surface area contributed by atoms with Crippen molar-refractivity contribution in [3.63, 3.8) is 0 Å². The number of piperazine rings is 1. The first-order chi connectivity index (χ1) is 13.6. The molecule has 0 saturated carbocycles. The molecule has 3 heterocycles. The molecule has 1 saturated heterocycles. The van der Waals surface area contributed by atoms with Gasteiger partial charge in [0.1, 0.15) is 11.4 Å². The van der Waals surface area contributed by atoms with Crippen molar-refractivity contribution < 1.29 is 9.53 Å². The largest absolute Gasteiger partial charge is 0.439 e. The van der Waals surface area contributed by atoms with Gasteiger partial charge in [-0.15, -0.1) is 0 Å². The molecule has 144 valence electrons. The Morgan fingerprint density at radius 3 is 2.50 bits per heavy atom. The van der Waals surface area contributed by atoms with Crippen molar-refractivity contribution in [3.8, 4) is 11.6 Å².